The summed E-state index contributed by atoms with van der Waals surface area (Å²) in [6.07, 6.45) is 0.396. The third-order valence-electron chi connectivity index (χ3n) is 2.22. The fourth-order valence-corrected chi connectivity index (χ4v) is 1.25. The molecule has 3 nitrogen and oxygen atoms in total. The van der Waals surface area contributed by atoms with Crippen LogP contribution in [0.1, 0.15) is 31.7 Å². The number of hydrogen-bond donors (Lipinski definition) is 1. The summed E-state index contributed by atoms with van der Waals surface area (Å²) in [6.45, 7) is 4.08. The Hall–Kier alpha value is -1.51. The first-order valence-corrected chi connectivity index (χ1v) is 5.08. The van der Waals surface area contributed by atoms with E-state index < -0.39 is 0 Å². The van der Waals surface area contributed by atoms with E-state index in [-0.39, 0.29) is 17.6 Å². The summed E-state index contributed by atoms with van der Waals surface area (Å²) < 4.78 is 5.03. The van der Waals surface area contributed by atoms with Crippen LogP contribution in [0.5, 0.6) is 5.75 Å². The first-order valence-electron chi connectivity index (χ1n) is 5.08. The van der Waals surface area contributed by atoms with Crippen molar-refractivity contribution in [2.24, 2.45) is 0 Å². The van der Waals surface area contributed by atoms with Crippen molar-refractivity contribution in [2.45, 2.75) is 26.2 Å². The van der Waals surface area contributed by atoms with Gasteiger partial charge in [0.15, 0.2) is 0 Å². The molecule has 0 saturated heterocycles. The van der Waals surface area contributed by atoms with Gasteiger partial charge in [0.2, 0.25) is 0 Å². The maximum Gasteiger partial charge on any atom is 0.305 e. The molecule has 0 spiro atoms. The minimum Gasteiger partial charge on any atom is -0.508 e. The van der Waals surface area contributed by atoms with Gasteiger partial charge in [-0.1, -0.05) is 26.0 Å². The number of carbonyl (C=O) groups excluding carboxylic acids is 1. The normalized spacial score (nSPS) is 12.1. The summed E-state index contributed by atoms with van der Waals surface area (Å²) in [6, 6.07) is 6.99. The molecule has 0 saturated carbocycles. The van der Waals surface area contributed by atoms with E-state index in [9.17, 15) is 9.90 Å². The molecule has 0 aromatic heterocycles. The molecular formula is C12H16O3. The second kappa shape index (κ2) is 5.39. The molecule has 1 aromatic carbocycles. The minimum atomic E-state index is -0.193. The summed E-state index contributed by atoms with van der Waals surface area (Å²) in [4.78, 5) is 10.9. The molecule has 1 N–H and O–H groups in total. The number of esters is 1. The highest BCUT2D eigenvalue weighted by molar-refractivity contribution is 5.68. The fourth-order valence-electron chi connectivity index (χ4n) is 1.25. The SMILES string of the molecule is CCC(=O)OCC(C)c1cccc(O)c1. The Kier molecular flexibility index (Phi) is 4.16. The van der Waals surface area contributed by atoms with Crippen LogP contribution in [0.15, 0.2) is 24.3 Å². The summed E-state index contributed by atoms with van der Waals surface area (Å²) in [7, 11) is 0. The van der Waals surface area contributed by atoms with Gasteiger partial charge < -0.3 is 9.84 Å². The number of carbonyl (C=O) groups is 1. The molecule has 0 heterocycles. The first kappa shape index (κ1) is 11.6. The van der Waals surface area contributed by atoms with Crippen molar-refractivity contribution < 1.29 is 14.6 Å². The van der Waals surface area contributed by atoms with E-state index in [4.69, 9.17) is 4.74 Å². The number of rotatable bonds is 4. The van der Waals surface area contributed by atoms with Crippen molar-refractivity contribution >= 4 is 5.97 Å². The Balaban J connectivity index is 2.53. The van der Waals surface area contributed by atoms with Crippen LogP contribution in [0, 0.1) is 0 Å². The zero-order valence-corrected chi connectivity index (χ0v) is 9.06. The quantitative estimate of drug-likeness (QED) is 0.773. The van der Waals surface area contributed by atoms with E-state index in [2.05, 4.69) is 0 Å². The smallest absolute Gasteiger partial charge is 0.305 e. The van der Waals surface area contributed by atoms with Gasteiger partial charge in [0.25, 0.3) is 0 Å². The Bertz CT molecular complexity index is 333. The van der Waals surface area contributed by atoms with Crippen LogP contribution >= 0.6 is 0 Å². The number of phenolic OH excluding ortho intramolecular Hbond substituents is 1. The number of hydrogen-bond acceptors (Lipinski definition) is 3. The first-order chi connectivity index (χ1) is 7.13. The third kappa shape index (κ3) is 3.62. The summed E-state index contributed by atoms with van der Waals surface area (Å²) in [5, 5.41) is 9.28. The molecule has 0 fully saturated rings. The van der Waals surface area contributed by atoms with Crippen LogP contribution in [0.2, 0.25) is 0 Å². The number of phenols is 1. The molecule has 3 heteroatoms. The van der Waals surface area contributed by atoms with Crippen molar-refractivity contribution in [3.63, 3.8) is 0 Å². The molecule has 0 aliphatic rings. The van der Waals surface area contributed by atoms with E-state index in [0.29, 0.717) is 13.0 Å². The van der Waals surface area contributed by atoms with Gasteiger partial charge in [0.05, 0.1) is 6.61 Å². The summed E-state index contributed by atoms with van der Waals surface area (Å²) in [5.41, 5.74) is 0.971. The average Bonchev–Trinajstić information content (AvgIpc) is 2.25. The third-order valence-corrected chi connectivity index (χ3v) is 2.22. The van der Waals surface area contributed by atoms with E-state index >= 15 is 0 Å². The lowest BCUT2D eigenvalue weighted by Crippen LogP contribution is -2.09. The average molecular weight is 208 g/mol. The Morgan fingerprint density at radius 1 is 1.53 bits per heavy atom. The number of ether oxygens (including phenoxy) is 1. The van der Waals surface area contributed by atoms with Gasteiger partial charge in [-0.3, -0.25) is 4.79 Å². The molecule has 82 valence electrons. The second-order valence-corrected chi connectivity index (χ2v) is 3.53. The molecular weight excluding hydrogens is 192 g/mol. The Labute approximate surface area is 89.7 Å². The highest BCUT2D eigenvalue weighted by Crippen LogP contribution is 2.19. The molecule has 0 aliphatic carbocycles. The van der Waals surface area contributed by atoms with Crippen molar-refractivity contribution in [3.05, 3.63) is 29.8 Å². The van der Waals surface area contributed by atoms with Crippen LogP contribution < -0.4 is 0 Å². The van der Waals surface area contributed by atoms with Gasteiger partial charge in [-0.15, -0.1) is 0 Å². The van der Waals surface area contributed by atoms with E-state index in [1.54, 1.807) is 25.1 Å². The lowest BCUT2D eigenvalue weighted by Gasteiger charge is -2.12. The molecule has 1 atom stereocenters. The zero-order chi connectivity index (χ0) is 11.3. The predicted molar refractivity (Wildman–Crippen MR) is 57.8 cm³/mol. The molecule has 0 bridgehead atoms. The van der Waals surface area contributed by atoms with Gasteiger partial charge >= 0.3 is 5.97 Å². The number of aromatic hydroxyl groups is 1. The predicted octanol–water partition coefficient (Wildman–Crippen LogP) is 2.45. The van der Waals surface area contributed by atoms with Crippen molar-refractivity contribution in [1.82, 2.24) is 0 Å². The topological polar surface area (TPSA) is 46.5 Å². The Morgan fingerprint density at radius 3 is 2.87 bits per heavy atom. The molecule has 0 amide bonds. The molecule has 1 rings (SSSR count). The van der Waals surface area contributed by atoms with E-state index in [1.807, 2.05) is 13.0 Å². The Morgan fingerprint density at radius 2 is 2.27 bits per heavy atom. The van der Waals surface area contributed by atoms with Gasteiger partial charge in [-0.05, 0) is 17.7 Å². The zero-order valence-electron chi connectivity index (χ0n) is 9.06. The second-order valence-electron chi connectivity index (χ2n) is 3.53. The van der Waals surface area contributed by atoms with Crippen molar-refractivity contribution in [2.75, 3.05) is 6.61 Å². The summed E-state index contributed by atoms with van der Waals surface area (Å²) in [5.74, 6) is 0.149. The highest BCUT2D eigenvalue weighted by Gasteiger charge is 2.08. The fraction of sp³-hybridized carbons (Fsp3) is 0.417. The molecule has 1 aromatic rings. The van der Waals surface area contributed by atoms with Crippen molar-refractivity contribution in [3.8, 4) is 5.75 Å². The summed E-state index contributed by atoms with van der Waals surface area (Å²) >= 11 is 0. The van der Waals surface area contributed by atoms with Crippen LogP contribution in [0.4, 0.5) is 0 Å². The number of benzene rings is 1. The standard InChI is InChI=1S/C12H16O3/c1-3-12(14)15-8-9(2)10-5-4-6-11(13)7-10/h4-7,9,13H,3,8H2,1-2H3. The molecule has 0 aliphatic heterocycles. The van der Waals surface area contributed by atoms with Crippen LogP contribution in [0.3, 0.4) is 0 Å². The largest absolute Gasteiger partial charge is 0.508 e. The van der Waals surface area contributed by atoms with Crippen LogP contribution in [-0.2, 0) is 9.53 Å². The van der Waals surface area contributed by atoms with E-state index in [0.717, 1.165) is 5.56 Å². The molecule has 0 radical (unpaired) electrons. The molecule has 15 heavy (non-hydrogen) atoms. The van der Waals surface area contributed by atoms with Gasteiger partial charge in [-0.25, -0.2) is 0 Å². The maximum absolute atomic E-state index is 10.9. The highest BCUT2D eigenvalue weighted by atomic mass is 16.5. The van der Waals surface area contributed by atoms with Gasteiger partial charge in [0.1, 0.15) is 5.75 Å². The lowest BCUT2D eigenvalue weighted by atomic mass is 10.0. The van der Waals surface area contributed by atoms with Gasteiger partial charge in [0, 0.05) is 12.3 Å². The monoisotopic (exact) mass is 208 g/mol. The maximum atomic E-state index is 10.9. The molecule has 1 unspecified atom stereocenters. The van der Waals surface area contributed by atoms with Crippen LogP contribution in [0.25, 0.3) is 0 Å². The lowest BCUT2D eigenvalue weighted by molar-refractivity contribution is -0.143. The minimum absolute atomic E-state index is 0.104. The van der Waals surface area contributed by atoms with Crippen molar-refractivity contribution in [1.29, 1.82) is 0 Å². The van der Waals surface area contributed by atoms with Crippen LogP contribution in [-0.4, -0.2) is 17.7 Å². The van der Waals surface area contributed by atoms with E-state index in [1.165, 1.54) is 0 Å². The van der Waals surface area contributed by atoms with Gasteiger partial charge in [-0.2, -0.15) is 0 Å².